The number of fused-ring (bicyclic) bond motifs is 1. The van der Waals surface area contributed by atoms with Crippen LogP contribution in [0.4, 0.5) is 4.79 Å². The number of ether oxygens (including phenoxy) is 8. The summed E-state index contributed by atoms with van der Waals surface area (Å²) in [4.78, 5) is 143. The third kappa shape index (κ3) is 35.7. The highest BCUT2D eigenvalue weighted by Gasteiger charge is 2.51. The van der Waals surface area contributed by atoms with Gasteiger partial charge in [-0.3, -0.25) is 51.1 Å². The number of carbonyl (C=O) groups excluding carboxylic acids is 3. The van der Waals surface area contributed by atoms with E-state index >= 15 is 0 Å². The number of aromatic nitrogens is 4. The van der Waals surface area contributed by atoms with Crippen molar-refractivity contribution in [3.05, 3.63) is 97.9 Å². The molecule has 0 bridgehead atoms. The summed E-state index contributed by atoms with van der Waals surface area (Å²) >= 11 is 0. The molecule has 15 atom stereocenters. The number of amides is 3. The van der Waals surface area contributed by atoms with Crippen LogP contribution in [0.1, 0.15) is 99.7 Å². The van der Waals surface area contributed by atoms with E-state index in [1.54, 1.807) is 0 Å². The Morgan fingerprint density at radius 2 is 1.07 bits per heavy atom. The lowest BCUT2D eigenvalue weighted by Gasteiger charge is -2.32. The van der Waals surface area contributed by atoms with Gasteiger partial charge >= 0.3 is 74.4 Å². The number of phosphoric ester groups is 4. The first-order valence-corrected chi connectivity index (χ1v) is 48.0. The van der Waals surface area contributed by atoms with Crippen molar-refractivity contribution >= 4 is 80.5 Å². The number of carbonyl (C=O) groups is 3. The van der Waals surface area contributed by atoms with Crippen LogP contribution < -0.4 is 31.9 Å². The van der Waals surface area contributed by atoms with E-state index in [1.807, 2.05) is 31.2 Å². The summed E-state index contributed by atoms with van der Waals surface area (Å²) in [7, 11) is -46.6. The van der Waals surface area contributed by atoms with E-state index in [2.05, 4.69) is 68.3 Å². The molecule has 11 unspecified atom stereocenters. The molecule has 3 aromatic rings. The molecule has 4 aliphatic rings. The summed E-state index contributed by atoms with van der Waals surface area (Å²) in [6.07, 6.45) is -2.04. The van der Waals surface area contributed by atoms with Gasteiger partial charge in [-0.2, -0.15) is 26.7 Å². The fraction of sp³-hybridized carbons (Fsp3) is 0.650. The summed E-state index contributed by atoms with van der Waals surface area (Å²) in [5.74, 6) is -0.117. The number of rotatable bonds is 53. The Balaban J connectivity index is 0.637. The average Bonchev–Trinajstić information content (AvgIpc) is 1.32. The molecule has 2 saturated heterocycles. The monoisotopic (exact) mass is 1850 g/mol. The minimum absolute atomic E-state index is 0.0288. The fourth-order valence-corrected chi connectivity index (χ4v) is 20.4. The molecule has 2 fully saturated rings. The van der Waals surface area contributed by atoms with Gasteiger partial charge in [-0.25, -0.2) is 46.1 Å². The van der Waals surface area contributed by atoms with E-state index in [4.69, 9.17) is 56.0 Å². The predicted octanol–water partition coefficient (Wildman–Crippen LogP) is 4.10. The molecule has 0 radical (unpaired) electrons. The standard InChI is InChI=1S/C60H96N8O42P8/c1-40-36-67(43(4)63-57(40)72)54-34-49(69)52(104-54)39-102-114(82,83)107-116(86,87)109-118(90,91)110-117(88,89)108-115(84,85)106-113(80,81)97-21-8-6-5-7-19-61-53(71)18-22-92-24-25-93-26-27-94-28-29-95-30-31-96-45-14-12-44(13-15-45)56-48-11-9-10-46(16-17-47(48)42(3)65-66-56)103-60(75)62-20-23-98-111(76,77)99-32-33-100-112(78,79)101-38-51-50(70)35-55(105-51)68-37-41(2)58(73)64-59(68)74/h12-15,36-37,46,49-52,54-55,69-70H,4-11,16-35,38-39H2,1-3H3,(H,61,71)(H,62,75)(H,63,72)(H,76,77)(H,78,79)(H,80,81)(H,82,83)(H,84,85)(H,86,87)(H,88,89)(H,90,91)(H,64,73,74)/t46?,49?,50?,51-,52-,54-,55-/m1/s1. The molecular weight excluding hydrogens is 1750 g/mol. The molecule has 118 heavy (non-hydrogen) atoms. The molecule has 2 aromatic heterocycles. The van der Waals surface area contributed by atoms with Crippen LogP contribution in [0.3, 0.4) is 0 Å². The highest BCUT2D eigenvalue weighted by atomic mass is 31.3. The van der Waals surface area contributed by atoms with E-state index in [1.165, 1.54) is 31.1 Å². The maximum Gasteiger partial charge on any atom is 0.490 e. The van der Waals surface area contributed by atoms with E-state index in [9.17, 15) is 110 Å². The van der Waals surface area contributed by atoms with Crippen molar-refractivity contribution in [1.29, 1.82) is 0 Å². The van der Waals surface area contributed by atoms with Crippen molar-refractivity contribution in [1.82, 2.24) is 40.6 Å². The number of unbranched alkanes of at least 4 members (excludes halogenated alkanes) is 3. The zero-order chi connectivity index (χ0) is 86.7. The highest BCUT2D eigenvalue weighted by Crippen LogP contribution is 2.75. The summed E-state index contributed by atoms with van der Waals surface area (Å²) in [5, 5.41) is 37.3. The number of aliphatic hydroxyl groups excluding tert-OH is 2. The number of H-pyrrole nitrogens is 1. The first-order valence-electron chi connectivity index (χ1n) is 36.0. The second-order valence-corrected chi connectivity index (χ2v) is 38.2. The highest BCUT2D eigenvalue weighted by molar-refractivity contribution is 7.72. The van der Waals surface area contributed by atoms with Crippen molar-refractivity contribution in [2.75, 3.05) is 112 Å². The minimum Gasteiger partial charge on any atom is -0.491 e. The number of phosphoric acid groups is 8. The lowest BCUT2D eigenvalue weighted by Crippen LogP contribution is -2.42. The van der Waals surface area contributed by atoms with Crippen LogP contribution in [0.15, 0.2) is 64.2 Å². The van der Waals surface area contributed by atoms with Gasteiger partial charge in [0.15, 0.2) is 0 Å². The van der Waals surface area contributed by atoms with Gasteiger partial charge in [-0.05, 0) is 101 Å². The number of nitrogens with one attached hydrogen (secondary N) is 4. The maximum absolute atomic E-state index is 12.8. The number of benzene rings is 1. The topological polar surface area (TPSA) is 685 Å². The molecule has 0 saturated carbocycles. The van der Waals surface area contributed by atoms with Crippen molar-refractivity contribution in [3.8, 4) is 17.0 Å². The largest absolute Gasteiger partial charge is 0.491 e. The zero-order valence-electron chi connectivity index (χ0n) is 63.6. The number of hydrogen-bond donors (Lipinski definition) is 14. The molecule has 3 aliphatic heterocycles. The molecular formula is C60H96N8O42P8. The lowest BCUT2D eigenvalue weighted by atomic mass is 9.89. The van der Waals surface area contributed by atoms with E-state index in [-0.39, 0.29) is 101 Å². The third-order valence-electron chi connectivity index (χ3n) is 16.7. The second kappa shape index (κ2) is 46.7. The Bertz CT molecular complexity index is 4430. The molecule has 1 aliphatic carbocycles. The maximum atomic E-state index is 12.8. The zero-order valence-corrected chi connectivity index (χ0v) is 70.8. The Labute approximate surface area is 673 Å². The molecule has 58 heteroatoms. The van der Waals surface area contributed by atoms with Gasteiger partial charge in [-0.1, -0.05) is 19.4 Å². The Morgan fingerprint density at radius 1 is 0.559 bits per heavy atom. The molecule has 50 nitrogen and oxygen atoms in total. The smallest absolute Gasteiger partial charge is 0.490 e. The third-order valence-corrected chi connectivity index (χ3v) is 27.9. The van der Waals surface area contributed by atoms with Gasteiger partial charge < -0.3 is 108 Å². The number of aryl methyl sites for hydroxylation is 2. The quantitative estimate of drug-likeness (QED) is 0.0279. The van der Waals surface area contributed by atoms with Gasteiger partial charge in [0.25, 0.3) is 11.5 Å². The van der Waals surface area contributed by atoms with Gasteiger partial charge in [0.2, 0.25) is 5.91 Å². The first-order chi connectivity index (χ1) is 55.4. The van der Waals surface area contributed by atoms with Crippen LogP contribution in [-0.2, 0) is 141 Å². The van der Waals surface area contributed by atoms with Crippen LogP contribution in [-0.4, -0.2) is 241 Å². The first kappa shape index (κ1) is 100. The summed E-state index contributed by atoms with van der Waals surface area (Å²) in [6, 6.07) is 7.42. The molecule has 14 N–H and O–H groups in total. The second-order valence-electron chi connectivity index (χ2n) is 25.9. The normalized spacial score (nSPS) is 23.2. The molecule has 3 amide bonds. The number of alkyl carbamates (subject to hydrolysis) is 1. The van der Waals surface area contributed by atoms with Gasteiger partial charge in [0.05, 0.1) is 116 Å². The number of aromatic amines is 1. The van der Waals surface area contributed by atoms with Gasteiger partial charge in [-0.15, -0.1) is 5.10 Å². The lowest BCUT2D eigenvalue weighted by molar-refractivity contribution is -0.122. The molecule has 5 heterocycles. The summed E-state index contributed by atoms with van der Waals surface area (Å²) in [5.41, 5.74) is 3.39. The predicted molar refractivity (Wildman–Crippen MR) is 399 cm³/mol. The molecule has 668 valence electrons. The fourth-order valence-electron chi connectivity index (χ4n) is 11.2. The Morgan fingerprint density at radius 3 is 1.67 bits per heavy atom. The Kier molecular flexibility index (Phi) is 39.6. The molecule has 7 rings (SSSR count). The summed E-state index contributed by atoms with van der Waals surface area (Å²) in [6.45, 7) is 6.57. The number of hydrogen-bond acceptors (Lipinski definition) is 37. The summed E-state index contributed by atoms with van der Waals surface area (Å²) < 4.78 is 192. The van der Waals surface area contributed by atoms with Crippen molar-refractivity contribution in [2.45, 2.75) is 141 Å². The number of aliphatic hydroxyl groups is 2. The van der Waals surface area contributed by atoms with Crippen molar-refractivity contribution in [2.24, 2.45) is 0 Å². The minimum atomic E-state index is -6.52. The van der Waals surface area contributed by atoms with Crippen LogP contribution in [0.2, 0.25) is 0 Å². The SMILES string of the molecule is C=C1NC(=O)C(C)=CN1[C@H]1CC(O)[C@@H](COP(=O)(O)OP(=O)(O)OP(=O)(O)OP(=O)(O)OP(=O)(O)OP(=O)(O)OCCCCCCNC(=O)CCOCCOCCOCCOCCOc2ccc(-c3nnc(C)c4c3CCCC(OC(=O)NCCOP(=O)(O)OCCOP(=O)(O)OC[C@H]3O[C@@H](n5cc(C)c(=O)[nH]c5=O)CC3O)CC4)cc2)O1. The average molecular weight is 1850 g/mol. The van der Waals surface area contributed by atoms with E-state index < -0.39 is 168 Å². The number of nitrogens with zero attached hydrogens (tertiary/aromatic N) is 4. The Hall–Kier alpha value is -4.97. The van der Waals surface area contributed by atoms with Crippen LogP contribution >= 0.6 is 62.6 Å². The van der Waals surface area contributed by atoms with Crippen molar-refractivity contribution < 1.29 is 187 Å². The van der Waals surface area contributed by atoms with E-state index in [0.717, 1.165) is 32.6 Å². The van der Waals surface area contributed by atoms with E-state index in [0.29, 0.717) is 76.9 Å². The van der Waals surface area contributed by atoms with Crippen LogP contribution in [0, 0.1) is 13.8 Å². The molecule has 1 aromatic carbocycles. The van der Waals surface area contributed by atoms with Crippen LogP contribution in [0.25, 0.3) is 11.3 Å². The van der Waals surface area contributed by atoms with Crippen LogP contribution in [0.5, 0.6) is 5.75 Å². The van der Waals surface area contributed by atoms with Crippen molar-refractivity contribution in [3.63, 3.8) is 0 Å². The van der Waals surface area contributed by atoms with Gasteiger partial charge in [0.1, 0.15) is 48.9 Å². The van der Waals surface area contributed by atoms with Gasteiger partial charge in [0, 0.05) is 61.4 Å². The molecule has 0 spiro atoms.